The second-order valence-corrected chi connectivity index (χ2v) is 9.42. The average Bonchev–Trinajstić information content (AvgIpc) is 3.39. The van der Waals surface area contributed by atoms with Gasteiger partial charge in [-0.15, -0.1) is 10.2 Å². The molecule has 2 N–H and O–H groups in total. The lowest BCUT2D eigenvalue weighted by atomic mass is 10.0. The highest BCUT2D eigenvalue weighted by Gasteiger charge is 2.49. The van der Waals surface area contributed by atoms with Crippen LogP contribution in [0.4, 0.5) is 18.0 Å². The minimum atomic E-state index is -4.82. The van der Waals surface area contributed by atoms with E-state index in [1.807, 2.05) is 18.2 Å². The van der Waals surface area contributed by atoms with Crippen LogP contribution in [0.5, 0.6) is 0 Å². The number of alkyl halides is 3. The number of nitrogens with zero attached hydrogens (tertiary/aromatic N) is 5. The Balaban J connectivity index is 1.44. The van der Waals surface area contributed by atoms with E-state index < -0.39 is 24.4 Å². The lowest BCUT2D eigenvalue weighted by molar-refractivity contribution is -0.185. The van der Waals surface area contributed by atoms with Gasteiger partial charge in [-0.3, -0.25) is 9.30 Å². The van der Waals surface area contributed by atoms with Crippen LogP contribution in [0.2, 0.25) is 0 Å². The fraction of sp³-hybridized carbons (Fsp3) is 0.360. The third kappa shape index (κ3) is 4.02. The maximum atomic E-state index is 14.3. The smallest absolute Gasteiger partial charge is 0.413 e. The van der Waals surface area contributed by atoms with Crippen molar-refractivity contribution in [3.63, 3.8) is 0 Å². The molecule has 1 aliphatic carbocycles. The minimum absolute atomic E-state index is 0.170. The number of rotatable bonds is 5. The number of nitrogens with one attached hydrogen (secondary N) is 1. The van der Waals surface area contributed by atoms with Gasteiger partial charge in [0.15, 0.2) is 17.5 Å². The normalized spacial score (nSPS) is 19.1. The molecule has 1 saturated carbocycles. The summed E-state index contributed by atoms with van der Waals surface area (Å²) < 4.78 is 44.4. The average molecular weight is 496 g/mol. The molecule has 1 saturated heterocycles. The zero-order chi connectivity index (χ0) is 25.0. The van der Waals surface area contributed by atoms with Crippen molar-refractivity contribution in [3.05, 3.63) is 59.8 Å². The van der Waals surface area contributed by atoms with Gasteiger partial charge in [0.25, 0.3) is 0 Å². The van der Waals surface area contributed by atoms with E-state index in [2.05, 4.69) is 21.6 Å². The van der Waals surface area contributed by atoms with Gasteiger partial charge in [-0.05, 0) is 55.5 Å². The van der Waals surface area contributed by atoms with Crippen molar-refractivity contribution in [1.29, 1.82) is 0 Å². The van der Waals surface area contributed by atoms with Gasteiger partial charge in [-0.25, -0.2) is 9.78 Å². The van der Waals surface area contributed by atoms with Crippen molar-refractivity contribution < 1.29 is 23.1 Å². The molecular weight excluding hydrogens is 473 g/mol. The Hall–Kier alpha value is -3.73. The molecule has 0 bridgehead atoms. The number of fused-ring (bicyclic) bond motifs is 2. The Labute approximate surface area is 203 Å². The van der Waals surface area contributed by atoms with Crippen LogP contribution in [-0.2, 0) is 0 Å². The van der Waals surface area contributed by atoms with E-state index >= 15 is 0 Å². The summed E-state index contributed by atoms with van der Waals surface area (Å²) in [5, 5.41) is 22.0. The summed E-state index contributed by atoms with van der Waals surface area (Å²) in [5.41, 5.74) is 2.61. The van der Waals surface area contributed by atoms with Crippen molar-refractivity contribution in [1.82, 2.24) is 29.8 Å². The van der Waals surface area contributed by atoms with Crippen molar-refractivity contribution in [2.75, 3.05) is 13.1 Å². The number of benzene rings is 1. The van der Waals surface area contributed by atoms with Crippen molar-refractivity contribution in [2.24, 2.45) is 0 Å². The van der Waals surface area contributed by atoms with Crippen molar-refractivity contribution in [3.8, 4) is 11.5 Å². The molecule has 1 unspecified atom stereocenters. The molecule has 2 aliphatic rings. The highest BCUT2D eigenvalue weighted by molar-refractivity contribution is 5.82. The topological polar surface area (TPSA) is 95.6 Å². The minimum Gasteiger partial charge on any atom is -0.465 e. The van der Waals surface area contributed by atoms with E-state index in [9.17, 15) is 23.1 Å². The van der Waals surface area contributed by atoms with Crippen LogP contribution in [0.1, 0.15) is 42.3 Å². The summed E-state index contributed by atoms with van der Waals surface area (Å²) in [5.74, 6) is 0.846. The first-order chi connectivity index (χ1) is 17.3. The number of carboxylic acid groups (broad SMARTS) is 1. The summed E-state index contributed by atoms with van der Waals surface area (Å²) >= 11 is 0. The molecule has 3 aromatic heterocycles. The number of halogens is 3. The fourth-order valence-corrected chi connectivity index (χ4v) is 5.03. The van der Waals surface area contributed by atoms with E-state index in [0.717, 1.165) is 23.7 Å². The molecule has 4 aromatic rings. The molecule has 0 radical (unpaired) electrons. The molecule has 186 valence electrons. The molecule has 36 heavy (non-hydrogen) atoms. The summed E-state index contributed by atoms with van der Waals surface area (Å²) in [7, 11) is 0. The third-order valence-corrected chi connectivity index (χ3v) is 6.97. The van der Waals surface area contributed by atoms with Crippen LogP contribution in [0.15, 0.2) is 48.7 Å². The van der Waals surface area contributed by atoms with Gasteiger partial charge in [-0.1, -0.05) is 24.3 Å². The Morgan fingerprint density at radius 1 is 1.11 bits per heavy atom. The Kier molecular flexibility index (Phi) is 5.32. The Morgan fingerprint density at radius 3 is 2.61 bits per heavy atom. The van der Waals surface area contributed by atoms with Gasteiger partial charge in [0.2, 0.25) is 0 Å². The second-order valence-electron chi connectivity index (χ2n) is 9.42. The highest BCUT2D eigenvalue weighted by atomic mass is 19.4. The number of carbonyl (C=O) groups is 1. The maximum absolute atomic E-state index is 14.3. The lowest BCUT2D eigenvalue weighted by Crippen LogP contribution is -2.48. The SMILES string of the molecule is O=C(O)N(C(c1ccc2nnc(-c3ccc4ccc(C5CC5)cc4n3)n2c1)C(F)(F)F)[C@H]1CCNC1. The standard InChI is InChI=1S/C25H23F3N6O2/c26-25(27,28)22(34(24(35)36)18-9-10-29-12-18)17-6-8-21-31-32-23(33(21)13-17)19-7-5-15-3-4-16(14-1-2-14)11-20(15)30-19/h3-8,11,13-14,18,22,29H,1-2,9-10,12H2,(H,35,36)/t18-,22?/m0/s1. The molecule has 1 aliphatic heterocycles. The van der Waals surface area contributed by atoms with Crippen molar-refractivity contribution >= 4 is 22.6 Å². The zero-order valence-corrected chi connectivity index (χ0v) is 19.1. The monoisotopic (exact) mass is 496 g/mol. The van der Waals surface area contributed by atoms with Crippen LogP contribution >= 0.6 is 0 Å². The second kappa shape index (κ2) is 8.44. The molecule has 2 fully saturated rings. The largest absolute Gasteiger partial charge is 0.465 e. The van der Waals surface area contributed by atoms with Crippen LogP contribution in [0, 0.1) is 0 Å². The van der Waals surface area contributed by atoms with E-state index in [-0.39, 0.29) is 17.9 Å². The highest BCUT2D eigenvalue weighted by Crippen LogP contribution is 2.41. The van der Waals surface area contributed by atoms with Crippen molar-refractivity contribution in [2.45, 2.75) is 43.4 Å². The van der Waals surface area contributed by atoms with Crippen LogP contribution in [0.25, 0.3) is 28.1 Å². The summed E-state index contributed by atoms with van der Waals surface area (Å²) in [4.78, 5) is 17.3. The molecule has 2 atom stereocenters. The fourth-order valence-electron chi connectivity index (χ4n) is 5.03. The lowest BCUT2D eigenvalue weighted by Gasteiger charge is -2.35. The number of hydrogen-bond donors (Lipinski definition) is 2. The van der Waals surface area contributed by atoms with Gasteiger partial charge in [0.1, 0.15) is 5.69 Å². The zero-order valence-electron chi connectivity index (χ0n) is 19.1. The third-order valence-electron chi connectivity index (χ3n) is 6.97. The van der Waals surface area contributed by atoms with Crippen LogP contribution in [0.3, 0.4) is 0 Å². The molecule has 1 amide bonds. The molecule has 4 heterocycles. The molecular formula is C25H23F3N6O2. The first-order valence-corrected chi connectivity index (χ1v) is 11.8. The van der Waals surface area contributed by atoms with E-state index in [4.69, 9.17) is 4.98 Å². The van der Waals surface area contributed by atoms with Crippen LogP contribution in [-0.4, -0.2) is 61.0 Å². The molecule has 1 aromatic carbocycles. The molecule has 0 spiro atoms. The Bertz CT molecular complexity index is 1460. The summed E-state index contributed by atoms with van der Waals surface area (Å²) in [6.07, 6.45) is -2.53. The van der Waals surface area contributed by atoms with E-state index in [0.29, 0.717) is 35.1 Å². The first-order valence-electron chi connectivity index (χ1n) is 11.8. The van der Waals surface area contributed by atoms with Gasteiger partial charge >= 0.3 is 12.3 Å². The Morgan fingerprint density at radius 2 is 1.92 bits per heavy atom. The molecule has 8 nitrogen and oxygen atoms in total. The molecule has 11 heteroatoms. The summed E-state index contributed by atoms with van der Waals surface area (Å²) in [6, 6.07) is 9.40. The number of hydrogen-bond acceptors (Lipinski definition) is 5. The predicted octanol–water partition coefficient (Wildman–Crippen LogP) is 4.77. The van der Waals surface area contributed by atoms with Gasteiger partial charge in [-0.2, -0.15) is 13.2 Å². The summed E-state index contributed by atoms with van der Waals surface area (Å²) in [6.45, 7) is 0.632. The predicted molar refractivity (Wildman–Crippen MR) is 126 cm³/mol. The van der Waals surface area contributed by atoms with Crippen LogP contribution < -0.4 is 5.32 Å². The van der Waals surface area contributed by atoms with E-state index in [1.165, 1.54) is 28.3 Å². The van der Waals surface area contributed by atoms with E-state index in [1.54, 1.807) is 6.07 Å². The van der Waals surface area contributed by atoms with Gasteiger partial charge in [0.05, 0.1) is 5.52 Å². The first kappa shape index (κ1) is 22.7. The van der Waals surface area contributed by atoms with Gasteiger partial charge < -0.3 is 10.4 Å². The van der Waals surface area contributed by atoms with Gasteiger partial charge in [0, 0.05) is 29.7 Å². The number of amides is 1. The quantitative estimate of drug-likeness (QED) is 0.413. The number of aromatic nitrogens is 4. The molecule has 6 rings (SSSR count). The maximum Gasteiger partial charge on any atom is 0.413 e. The number of pyridine rings is 2.